The van der Waals surface area contributed by atoms with Crippen LogP contribution in [0.15, 0.2) is 58.7 Å². The van der Waals surface area contributed by atoms with E-state index in [2.05, 4.69) is 31.7 Å². The van der Waals surface area contributed by atoms with Crippen LogP contribution in [0.2, 0.25) is 0 Å². The van der Waals surface area contributed by atoms with Gasteiger partial charge in [-0.05, 0) is 11.1 Å². The van der Waals surface area contributed by atoms with Crippen LogP contribution in [0.4, 0.5) is 8.28 Å². The van der Waals surface area contributed by atoms with E-state index in [1.54, 1.807) is 0 Å². The first-order valence-corrected chi connectivity index (χ1v) is 10.3. The largest absolute Gasteiger partial charge is 0.312 e. The molecule has 6 nitrogen and oxygen atoms in total. The summed E-state index contributed by atoms with van der Waals surface area (Å²) in [5.74, 6) is 1.71. The normalized spacial score (nSPS) is 13.3. The van der Waals surface area contributed by atoms with Gasteiger partial charge in [0.05, 0.1) is 0 Å². The van der Waals surface area contributed by atoms with Crippen LogP contribution < -0.4 is 21.5 Å². The predicted molar refractivity (Wildman–Crippen MR) is 115 cm³/mol. The van der Waals surface area contributed by atoms with Gasteiger partial charge in [-0.3, -0.25) is 10.9 Å². The van der Waals surface area contributed by atoms with Gasteiger partial charge in [0.2, 0.25) is 0 Å². The first-order valence-electron chi connectivity index (χ1n) is 9.37. The third kappa shape index (κ3) is 6.52. The number of halogens is 2. The van der Waals surface area contributed by atoms with Crippen molar-refractivity contribution in [2.45, 2.75) is 13.1 Å². The van der Waals surface area contributed by atoms with Gasteiger partial charge in [0.1, 0.15) is 6.67 Å². The van der Waals surface area contributed by atoms with Gasteiger partial charge in [-0.25, -0.2) is 4.39 Å². The minimum absolute atomic E-state index is 0.340. The second-order valence-corrected chi connectivity index (χ2v) is 7.02. The molecule has 0 radical (unpaired) electrons. The average Bonchev–Trinajstić information content (AvgIpc) is 2.78. The molecule has 0 aromatic heterocycles. The zero-order valence-corrected chi connectivity index (χ0v) is 16.7. The lowest BCUT2D eigenvalue weighted by molar-refractivity contribution is 0.467. The van der Waals surface area contributed by atoms with Crippen molar-refractivity contribution in [1.82, 2.24) is 21.5 Å². The number of nitrogens with one attached hydrogen (secondary N) is 4. The van der Waals surface area contributed by atoms with E-state index < -0.39 is 0 Å². The van der Waals surface area contributed by atoms with Crippen LogP contribution in [0.1, 0.15) is 22.3 Å². The van der Waals surface area contributed by atoms with Crippen molar-refractivity contribution in [3.8, 4) is 0 Å². The van der Waals surface area contributed by atoms with Crippen LogP contribution in [0.5, 0.6) is 0 Å². The fraction of sp³-hybridized carbons (Fsp3) is 0.300. The summed E-state index contributed by atoms with van der Waals surface area (Å²) in [6.07, 6.45) is 0. The van der Waals surface area contributed by atoms with E-state index >= 15 is 0 Å². The molecule has 0 saturated heterocycles. The second kappa shape index (κ2) is 11.5. The van der Waals surface area contributed by atoms with Crippen molar-refractivity contribution in [2.24, 2.45) is 10.2 Å². The van der Waals surface area contributed by atoms with Crippen molar-refractivity contribution in [3.63, 3.8) is 0 Å². The third-order valence-corrected chi connectivity index (χ3v) is 4.65. The van der Waals surface area contributed by atoms with Crippen molar-refractivity contribution < 1.29 is 8.28 Å². The number of hydrogen-bond acceptors (Lipinski definition) is 7. The van der Waals surface area contributed by atoms with Gasteiger partial charge >= 0.3 is 0 Å². The molecule has 154 valence electrons. The summed E-state index contributed by atoms with van der Waals surface area (Å²) in [7, 11) is 0. The molecule has 0 saturated carbocycles. The summed E-state index contributed by atoms with van der Waals surface area (Å²) < 4.78 is 24.1. The lowest BCUT2D eigenvalue weighted by Gasteiger charge is -2.15. The molecular weight excluding hydrogens is 394 g/mol. The third-order valence-electron chi connectivity index (χ3n) is 4.29. The Bertz CT molecular complexity index is 824. The molecule has 4 N–H and O–H groups in total. The van der Waals surface area contributed by atoms with Gasteiger partial charge < -0.3 is 10.6 Å². The van der Waals surface area contributed by atoms with Crippen LogP contribution >= 0.6 is 12.1 Å². The first-order chi connectivity index (χ1) is 14.3. The quantitative estimate of drug-likeness (QED) is 0.423. The molecule has 0 atom stereocenters. The number of nitrogens with zero attached hydrogens (tertiary/aromatic N) is 2. The van der Waals surface area contributed by atoms with Crippen LogP contribution in [-0.4, -0.2) is 37.2 Å². The molecule has 0 unspecified atom stereocenters. The lowest BCUT2D eigenvalue weighted by Crippen LogP contribution is -2.34. The number of hydrazone groups is 2. The summed E-state index contributed by atoms with van der Waals surface area (Å²) in [5.41, 5.74) is 9.97. The molecule has 3 rings (SSSR count). The Morgan fingerprint density at radius 1 is 0.759 bits per heavy atom. The van der Waals surface area contributed by atoms with Gasteiger partial charge in [0, 0.05) is 55.2 Å². The second-order valence-electron chi connectivity index (χ2n) is 6.39. The summed E-state index contributed by atoms with van der Waals surface area (Å²) in [6.45, 7) is 1.94. The molecule has 0 bridgehead atoms. The van der Waals surface area contributed by atoms with E-state index in [0.717, 1.165) is 22.3 Å². The van der Waals surface area contributed by atoms with Gasteiger partial charge in [0.15, 0.2) is 11.7 Å². The molecule has 1 aliphatic heterocycles. The van der Waals surface area contributed by atoms with Crippen molar-refractivity contribution in [3.05, 3.63) is 70.8 Å². The lowest BCUT2D eigenvalue weighted by atomic mass is 10.1. The Balaban J connectivity index is 1.52. The van der Waals surface area contributed by atoms with E-state index in [0.29, 0.717) is 55.8 Å². The van der Waals surface area contributed by atoms with E-state index in [1.165, 1.54) is 0 Å². The van der Waals surface area contributed by atoms with E-state index in [1.807, 2.05) is 48.5 Å². The van der Waals surface area contributed by atoms with Gasteiger partial charge in [-0.2, -0.15) is 14.1 Å². The maximum atomic E-state index is 12.1. The summed E-state index contributed by atoms with van der Waals surface area (Å²) in [6, 6.07) is 15.8. The van der Waals surface area contributed by atoms with Crippen LogP contribution in [0.3, 0.4) is 0 Å². The van der Waals surface area contributed by atoms with Crippen LogP contribution in [0, 0.1) is 0 Å². The van der Waals surface area contributed by atoms with Crippen LogP contribution in [0.25, 0.3) is 0 Å². The first kappa shape index (κ1) is 21.2. The Kier molecular flexibility index (Phi) is 8.41. The molecule has 0 aliphatic carbocycles. The Labute approximate surface area is 173 Å². The summed E-state index contributed by atoms with van der Waals surface area (Å²) in [5, 5.41) is 14.9. The maximum absolute atomic E-state index is 12.1. The molecule has 1 heterocycles. The zero-order valence-electron chi connectivity index (χ0n) is 15.9. The van der Waals surface area contributed by atoms with E-state index in [4.69, 9.17) is 0 Å². The number of hydrogen-bond donors (Lipinski definition) is 4. The van der Waals surface area contributed by atoms with E-state index in [-0.39, 0.29) is 6.67 Å². The molecule has 29 heavy (non-hydrogen) atoms. The topological polar surface area (TPSA) is 72.8 Å². The minimum atomic E-state index is -0.371. The molecule has 0 fully saturated rings. The fourth-order valence-electron chi connectivity index (χ4n) is 2.73. The smallest absolute Gasteiger partial charge is 0.173 e. The number of alkyl halides is 1. The Morgan fingerprint density at radius 3 is 1.66 bits per heavy atom. The van der Waals surface area contributed by atoms with E-state index in [9.17, 15) is 8.28 Å². The Hall–Kier alpha value is -2.49. The highest BCUT2D eigenvalue weighted by atomic mass is 32.2. The summed E-state index contributed by atoms with van der Waals surface area (Å²) >= 11 is 0.340. The standard InChI is InChI=1S/C20H24F2N6S/c21-9-10-23-13-15-1-5-17(6-2-15)19-25-27-20(28-26-19)18-7-3-16(4-8-18)14-24-11-12-29-22/h1-8,23-24H,9-14H2,(H,25,26)(H,27,28). The highest BCUT2D eigenvalue weighted by Crippen LogP contribution is 2.09. The average molecular weight is 419 g/mol. The SMILES string of the molecule is FCCNCc1ccc(C2=NNC(c3ccc(CNCCSF)cc3)=NN2)cc1. The number of amidine groups is 2. The highest BCUT2D eigenvalue weighted by molar-refractivity contribution is 7.94. The van der Waals surface area contributed by atoms with Gasteiger partial charge in [-0.1, -0.05) is 48.5 Å². The van der Waals surface area contributed by atoms with Crippen LogP contribution in [-0.2, 0) is 13.1 Å². The molecule has 9 heteroatoms. The number of benzene rings is 2. The van der Waals surface area contributed by atoms with Crippen molar-refractivity contribution in [1.29, 1.82) is 0 Å². The fourth-order valence-corrected chi connectivity index (χ4v) is 2.95. The van der Waals surface area contributed by atoms with Crippen molar-refractivity contribution >= 4 is 23.8 Å². The minimum Gasteiger partial charge on any atom is -0.312 e. The molecule has 2 aromatic carbocycles. The maximum Gasteiger partial charge on any atom is 0.173 e. The zero-order chi connectivity index (χ0) is 20.3. The Morgan fingerprint density at radius 2 is 1.24 bits per heavy atom. The highest BCUT2D eigenvalue weighted by Gasteiger charge is 2.11. The predicted octanol–water partition coefficient (Wildman–Crippen LogP) is 2.67. The number of rotatable bonds is 11. The summed E-state index contributed by atoms with van der Waals surface area (Å²) in [4.78, 5) is 0. The van der Waals surface area contributed by atoms with Gasteiger partial charge in [0.25, 0.3) is 0 Å². The molecule has 0 spiro atoms. The molecule has 1 aliphatic rings. The monoisotopic (exact) mass is 418 g/mol. The molecule has 2 aromatic rings. The van der Waals surface area contributed by atoms with Gasteiger partial charge in [-0.15, -0.1) is 0 Å². The molecular formula is C20H24F2N6S. The molecule has 0 amide bonds. The van der Waals surface area contributed by atoms with Crippen molar-refractivity contribution in [2.75, 3.05) is 25.5 Å².